The summed E-state index contributed by atoms with van der Waals surface area (Å²) in [4.78, 5) is 11.3. The van der Waals surface area contributed by atoms with E-state index >= 15 is 0 Å². The van der Waals surface area contributed by atoms with Crippen LogP contribution >= 0.6 is 15.9 Å². The van der Waals surface area contributed by atoms with Gasteiger partial charge in [0.05, 0.1) is 19.8 Å². The van der Waals surface area contributed by atoms with E-state index in [0.717, 1.165) is 23.1 Å². The van der Waals surface area contributed by atoms with Crippen LogP contribution < -0.4 is 4.74 Å². The van der Waals surface area contributed by atoms with Crippen LogP contribution in [0.5, 0.6) is 5.75 Å². The molecule has 0 bridgehead atoms. The quantitative estimate of drug-likeness (QED) is 0.624. The van der Waals surface area contributed by atoms with Gasteiger partial charge in [-0.05, 0) is 24.1 Å². The van der Waals surface area contributed by atoms with Gasteiger partial charge in [-0.1, -0.05) is 22.0 Å². The number of halogens is 1. The maximum absolute atomic E-state index is 11.3. The van der Waals surface area contributed by atoms with E-state index < -0.39 is 0 Å². The Morgan fingerprint density at radius 2 is 2.13 bits per heavy atom. The maximum Gasteiger partial charge on any atom is 0.337 e. The molecule has 0 N–H and O–H groups in total. The molecular weight excluding hydrogens is 260 g/mol. The fourth-order valence-electron chi connectivity index (χ4n) is 1.30. The van der Waals surface area contributed by atoms with E-state index in [-0.39, 0.29) is 5.97 Å². The number of methoxy groups -OCH3 is 2. The Balaban J connectivity index is 3.01. The summed E-state index contributed by atoms with van der Waals surface area (Å²) in [6.07, 6.45) is 0.866. The molecule has 0 aromatic heterocycles. The van der Waals surface area contributed by atoms with Crippen molar-refractivity contribution in [2.24, 2.45) is 0 Å². The Morgan fingerprint density at radius 3 is 2.67 bits per heavy atom. The SMILES string of the molecule is COC(=O)c1ccc(CCBr)c(OC)c1. The van der Waals surface area contributed by atoms with Gasteiger partial charge in [0.15, 0.2) is 0 Å². The van der Waals surface area contributed by atoms with Gasteiger partial charge >= 0.3 is 5.97 Å². The average molecular weight is 273 g/mol. The van der Waals surface area contributed by atoms with Gasteiger partial charge in [0.2, 0.25) is 0 Å². The molecule has 0 aliphatic heterocycles. The summed E-state index contributed by atoms with van der Waals surface area (Å²) in [6, 6.07) is 5.32. The van der Waals surface area contributed by atoms with Gasteiger partial charge in [-0.15, -0.1) is 0 Å². The van der Waals surface area contributed by atoms with E-state index in [0.29, 0.717) is 5.56 Å². The Labute approximate surface area is 97.5 Å². The Hall–Kier alpha value is -1.03. The van der Waals surface area contributed by atoms with Gasteiger partial charge < -0.3 is 9.47 Å². The van der Waals surface area contributed by atoms with Crippen molar-refractivity contribution < 1.29 is 14.3 Å². The third-order valence-electron chi connectivity index (χ3n) is 2.07. The van der Waals surface area contributed by atoms with Crippen LogP contribution in [0.25, 0.3) is 0 Å². The molecule has 0 radical (unpaired) electrons. The van der Waals surface area contributed by atoms with Crippen molar-refractivity contribution in [1.29, 1.82) is 0 Å². The van der Waals surface area contributed by atoms with Crippen LogP contribution in [0.15, 0.2) is 18.2 Å². The van der Waals surface area contributed by atoms with E-state index in [1.165, 1.54) is 7.11 Å². The predicted molar refractivity (Wildman–Crippen MR) is 61.8 cm³/mol. The fraction of sp³-hybridized carbons (Fsp3) is 0.364. The molecule has 82 valence electrons. The molecule has 0 spiro atoms. The van der Waals surface area contributed by atoms with Crippen LogP contribution in [0, 0.1) is 0 Å². The number of hydrogen-bond donors (Lipinski definition) is 0. The number of rotatable bonds is 4. The zero-order chi connectivity index (χ0) is 11.3. The molecule has 4 heteroatoms. The van der Waals surface area contributed by atoms with Crippen molar-refractivity contribution in [3.05, 3.63) is 29.3 Å². The largest absolute Gasteiger partial charge is 0.496 e. The third-order valence-corrected chi connectivity index (χ3v) is 2.47. The first kappa shape index (κ1) is 12.0. The molecule has 1 aromatic rings. The van der Waals surface area contributed by atoms with Crippen LogP contribution in [0.2, 0.25) is 0 Å². The number of ether oxygens (including phenoxy) is 2. The summed E-state index contributed by atoms with van der Waals surface area (Å²) < 4.78 is 9.84. The lowest BCUT2D eigenvalue weighted by Gasteiger charge is -2.08. The number of alkyl halides is 1. The molecule has 0 saturated carbocycles. The first-order chi connectivity index (χ1) is 7.22. The van der Waals surface area contributed by atoms with Gasteiger partial charge in [-0.3, -0.25) is 0 Å². The number of benzene rings is 1. The van der Waals surface area contributed by atoms with E-state index in [1.807, 2.05) is 6.07 Å². The minimum absolute atomic E-state index is 0.348. The first-order valence-electron chi connectivity index (χ1n) is 4.54. The zero-order valence-electron chi connectivity index (χ0n) is 8.75. The van der Waals surface area contributed by atoms with Crippen molar-refractivity contribution >= 4 is 21.9 Å². The molecule has 0 aliphatic carbocycles. The van der Waals surface area contributed by atoms with Gasteiger partial charge in [-0.25, -0.2) is 4.79 Å². The third kappa shape index (κ3) is 2.96. The molecule has 0 aliphatic rings. The number of hydrogen-bond acceptors (Lipinski definition) is 3. The number of esters is 1. The van der Waals surface area contributed by atoms with Crippen LogP contribution in [0.3, 0.4) is 0 Å². The van der Waals surface area contributed by atoms with Crippen LogP contribution in [-0.4, -0.2) is 25.5 Å². The molecule has 0 amide bonds. The molecule has 1 rings (SSSR count). The normalized spacial score (nSPS) is 9.80. The van der Waals surface area contributed by atoms with Crippen molar-refractivity contribution in [2.45, 2.75) is 6.42 Å². The van der Waals surface area contributed by atoms with Crippen molar-refractivity contribution in [2.75, 3.05) is 19.5 Å². The summed E-state index contributed by atoms with van der Waals surface area (Å²) in [5, 5.41) is 0.862. The lowest BCUT2D eigenvalue weighted by Crippen LogP contribution is -2.03. The second-order valence-electron chi connectivity index (χ2n) is 2.96. The summed E-state index contributed by atoms with van der Waals surface area (Å²) >= 11 is 3.36. The topological polar surface area (TPSA) is 35.5 Å². The van der Waals surface area contributed by atoms with E-state index in [1.54, 1.807) is 19.2 Å². The summed E-state index contributed by atoms with van der Waals surface area (Å²) in [5.74, 6) is 0.371. The highest BCUT2D eigenvalue weighted by molar-refractivity contribution is 9.09. The molecule has 0 atom stereocenters. The lowest BCUT2D eigenvalue weighted by atomic mass is 10.1. The van der Waals surface area contributed by atoms with Crippen LogP contribution in [0.1, 0.15) is 15.9 Å². The molecule has 15 heavy (non-hydrogen) atoms. The van der Waals surface area contributed by atoms with Crippen molar-refractivity contribution in [3.8, 4) is 5.75 Å². The summed E-state index contributed by atoms with van der Waals surface area (Å²) in [5.41, 5.74) is 1.58. The molecule has 1 aromatic carbocycles. The minimum atomic E-state index is -0.348. The standard InChI is InChI=1S/C11H13BrO3/c1-14-10-7-9(11(13)15-2)4-3-8(10)5-6-12/h3-4,7H,5-6H2,1-2H3. The molecular formula is C11H13BrO3. The van der Waals surface area contributed by atoms with Crippen molar-refractivity contribution in [3.63, 3.8) is 0 Å². The lowest BCUT2D eigenvalue weighted by molar-refractivity contribution is 0.0600. The fourth-order valence-corrected chi connectivity index (χ4v) is 1.72. The van der Waals surface area contributed by atoms with E-state index in [2.05, 4.69) is 20.7 Å². The first-order valence-corrected chi connectivity index (χ1v) is 5.66. The van der Waals surface area contributed by atoms with Crippen LogP contribution in [0.4, 0.5) is 0 Å². The average Bonchev–Trinajstić information content (AvgIpc) is 2.29. The molecule has 0 fully saturated rings. The maximum atomic E-state index is 11.3. The molecule has 0 heterocycles. The van der Waals surface area contributed by atoms with Gasteiger partial charge in [0.25, 0.3) is 0 Å². The Morgan fingerprint density at radius 1 is 1.40 bits per heavy atom. The highest BCUT2D eigenvalue weighted by Gasteiger charge is 2.09. The monoisotopic (exact) mass is 272 g/mol. The second kappa shape index (κ2) is 5.75. The van der Waals surface area contributed by atoms with Gasteiger partial charge in [0.1, 0.15) is 5.75 Å². The smallest absolute Gasteiger partial charge is 0.337 e. The second-order valence-corrected chi connectivity index (χ2v) is 3.75. The van der Waals surface area contributed by atoms with E-state index in [4.69, 9.17) is 4.74 Å². The highest BCUT2D eigenvalue weighted by atomic mass is 79.9. The molecule has 3 nitrogen and oxygen atoms in total. The van der Waals surface area contributed by atoms with Crippen LogP contribution in [-0.2, 0) is 11.2 Å². The minimum Gasteiger partial charge on any atom is -0.496 e. The molecule has 0 saturated heterocycles. The number of aryl methyl sites for hydroxylation is 1. The van der Waals surface area contributed by atoms with Gasteiger partial charge in [0, 0.05) is 5.33 Å². The highest BCUT2D eigenvalue weighted by Crippen LogP contribution is 2.21. The Bertz CT molecular complexity index is 350. The van der Waals surface area contributed by atoms with E-state index in [9.17, 15) is 4.79 Å². The summed E-state index contributed by atoms with van der Waals surface area (Å²) in [7, 11) is 2.95. The molecule has 0 unspecified atom stereocenters. The van der Waals surface area contributed by atoms with Gasteiger partial charge in [-0.2, -0.15) is 0 Å². The Kier molecular flexibility index (Phi) is 4.62. The zero-order valence-corrected chi connectivity index (χ0v) is 10.3. The predicted octanol–water partition coefficient (Wildman–Crippen LogP) is 2.42. The number of carbonyl (C=O) groups excluding carboxylic acids is 1. The number of carbonyl (C=O) groups is 1. The van der Waals surface area contributed by atoms with Crippen molar-refractivity contribution in [1.82, 2.24) is 0 Å². The summed E-state index contributed by atoms with van der Waals surface area (Å²) in [6.45, 7) is 0.